The summed E-state index contributed by atoms with van der Waals surface area (Å²) in [7, 11) is 1.07. The molecule has 1 aromatic rings. The molecule has 0 aromatic heterocycles. The summed E-state index contributed by atoms with van der Waals surface area (Å²) in [5.41, 5.74) is -0.0667. The van der Waals surface area contributed by atoms with E-state index in [1.807, 2.05) is 0 Å². The lowest BCUT2D eigenvalue weighted by Crippen LogP contribution is -2.31. The van der Waals surface area contributed by atoms with E-state index in [4.69, 9.17) is 10.7 Å². The summed E-state index contributed by atoms with van der Waals surface area (Å²) in [4.78, 5) is 13.1. The molecular formula is C11H12BrClFNO3S. The molecule has 0 spiro atoms. The lowest BCUT2D eigenvalue weighted by atomic mass is 10.2. The minimum atomic E-state index is -4.14. The summed E-state index contributed by atoms with van der Waals surface area (Å²) < 4.78 is 36.1. The smallest absolute Gasteiger partial charge is 0.262 e. The second-order valence-corrected chi connectivity index (χ2v) is 7.01. The summed E-state index contributed by atoms with van der Waals surface area (Å²) in [5.74, 6) is -1.30. The van der Waals surface area contributed by atoms with E-state index < -0.39 is 25.7 Å². The first-order valence-electron chi connectivity index (χ1n) is 5.45. The minimum absolute atomic E-state index is 0.0270. The first-order chi connectivity index (χ1) is 8.72. The van der Waals surface area contributed by atoms with Crippen LogP contribution in [0.1, 0.15) is 24.2 Å². The molecule has 0 fully saturated rings. The Morgan fingerprint density at radius 1 is 1.37 bits per heavy atom. The molecule has 1 aromatic carbocycles. The van der Waals surface area contributed by atoms with E-state index in [-0.39, 0.29) is 10.0 Å². The molecule has 0 bridgehead atoms. The van der Waals surface area contributed by atoms with Crippen LogP contribution >= 0.6 is 26.6 Å². The maximum absolute atomic E-state index is 13.5. The second kappa shape index (κ2) is 6.19. The average Bonchev–Trinajstić information content (AvgIpc) is 2.31. The third-order valence-electron chi connectivity index (χ3n) is 2.55. The van der Waals surface area contributed by atoms with Crippen molar-refractivity contribution in [3.63, 3.8) is 0 Å². The Morgan fingerprint density at radius 3 is 2.32 bits per heavy atom. The molecule has 1 amide bonds. The number of carbonyl (C=O) groups excluding carboxylic acids is 1. The van der Waals surface area contributed by atoms with Crippen LogP contribution in [0.15, 0.2) is 21.5 Å². The van der Waals surface area contributed by atoms with Crippen LogP contribution in [0.25, 0.3) is 0 Å². The van der Waals surface area contributed by atoms with Gasteiger partial charge < -0.3 is 4.90 Å². The van der Waals surface area contributed by atoms with Crippen molar-refractivity contribution in [3.8, 4) is 0 Å². The molecule has 0 radical (unpaired) electrons. The number of hydrogen-bond acceptors (Lipinski definition) is 3. The topological polar surface area (TPSA) is 54.5 Å². The van der Waals surface area contributed by atoms with Crippen molar-refractivity contribution in [1.29, 1.82) is 0 Å². The summed E-state index contributed by atoms with van der Waals surface area (Å²) in [6.07, 6.45) is 0. The Balaban J connectivity index is 3.46. The molecule has 4 nitrogen and oxygen atoms in total. The van der Waals surface area contributed by atoms with Crippen LogP contribution in [0, 0.1) is 5.82 Å². The molecule has 0 atom stereocenters. The molecule has 0 N–H and O–H groups in total. The van der Waals surface area contributed by atoms with Crippen molar-refractivity contribution in [3.05, 3.63) is 28.0 Å². The maximum Gasteiger partial charge on any atom is 0.262 e. The number of carbonyl (C=O) groups is 1. The van der Waals surface area contributed by atoms with E-state index in [9.17, 15) is 17.6 Å². The van der Waals surface area contributed by atoms with Crippen molar-refractivity contribution in [2.75, 3.05) is 13.1 Å². The van der Waals surface area contributed by atoms with Crippen LogP contribution in [0.3, 0.4) is 0 Å². The Morgan fingerprint density at radius 2 is 1.89 bits per heavy atom. The van der Waals surface area contributed by atoms with E-state index in [0.717, 1.165) is 12.1 Å². The normalized spacial score (nSPS) is 11.4. The predicted molar refractivity (Wildman–Crippen MR) is 74.4 cm³/mol. The summed E-state index contributed by atoms with van der Waals surface area (Å²) >= 11 is 3.00. The highest BCUT2D eigenvalue weighted by Crippen LogP contribution is 2.30. The molecule has 0 saturated heterocycles. The monoisotopic (exact) mass is 371 g/mol. The van der Waals surface area contributed by atoms with Gasteiger partial charge in [0.25, 0.3) is 15.0 Å². The molecule has 0 aliphatic rings. The molecular weight excluding hydrogens is 361 g/mol. The van der Waals surface area contributed by atoms with Crippen LogP contribution in [0.2, 0.25) is 0 Å². The van der Waals surface area contributed by atoms with Gasteiger partial charge in [0.15, 0.2) is 0 Å². The lowest BCUT2D eigenvalue weighted by molar-refractivity contribution is 0.0771. The van der Waals surface area contributed by atoms with Crippen LogP contribution in [-0.4, -0.2) is 32.3 Å². The SMILES string of the molecule is CCN(CC)C(=O)c1cc(F)cc(S(=O)(=O)Cl)c1Br. The second-order valence-electron chi connectivity index (χ2n) is 3.68. The van der Waals surface area contributed by atoms with Crippen molar-refractivity contribution in [1.82, 2.24) is 4.90 Å². The number of amides is 1. The van der Waals surface area contributed by atoms with E-state index >= 15 is 0 Å². The minimum Gasteiger partial charge on any atom is -0.339 e. The highest BCUT2D eigenvalue weighted by atomic mass is 79.9. The van der Waals surface area contributed by atoms with Crippen LogP contribution in [-0.2, 0) is 9.05 Å². The zero-order chi connectivity index (χ0) is 14.8. The number of benzene rings is 1. The lowest BCUT2D eigenvalue weighted by Gasteiger charge is -2.20. The fourth-order valence-corrected chi connectivity index (χ4v) is 3.84. The zero-order valence-electron chi connectivity index (χ0n) is 10.3. The van der Waals surface area contributed by atoms with Gasteiger partial charge in [0.05, 0.1) is 10.0 Å². The first kappa shape index (κ1) is 16.4. The number of nitrogens with zero attached hydrogens (tertiary/aromatic N) is 1. The summed E-state index contributed by atoms with van der Waals surface area (Å²) in [6.45, 7) is 4.41. The largest absolute Gasteiger partial charge is 0.339 e. The van der Waals surface area contributed by atoms with Gasteiger partial charge in [0.2, 0.25) is 0 Å². The first-order valence-corrected chi connectivity index (χ1v) is 8.55. The predicted octanol–water partition coefficient (Wildman–Crippen LogP) is 3.00. The van der Waals surface area contributed by atoms with E-state index in [1.54, 1.807) is 13.8 Å². The van der Waals surface area contributed by atoms with E-state index in [0.29, 0.717) is 13.1 Å². The highest BCUT2D eigenvalue weighted by Gasteiger charge is 2.24. The molecule has 0 aliphatic carbocycles. The van der Waals surface area contributed by atoms with Crippen molar-refractivity contribution in [2.45, 2.75) is 18.7 Å². The van der Waals surface area contributed by atoms with Gasteiger partial charge in [-0.05, 0) is 41.9 Å². The number of halogens is 3. The number of hydrogen-bond donors (Lipinski definition) is 0. The summed E-state index contributed by atoms with van der Waals surface area (Å²) in [5, 5.41) is 0. The summed E-state index contributed by atoms with van der Waals surface area (Å²) in [6, 6.07) is 1.75. The van der Waals surface area contributed by atoms with Gasteiger partial charge in [-0.2, -0.15) is 0 Å². The van der Waals surface area contributed by atoms with Gasteiger partial charge in [-0.25, -0.2) is 12.8 Å². The van der Waals surface area contributed by atoms with E-state index in [2.05, 4.69) is 15.9 Å². The fourth-order valence-electron chi connectivity index (χ4n) is 1.58. The maximum atomic E-state index is 13.5. The molecule has 1 rings (SSSR count). The third-order valence-corrected chi connectivity index (χ3v) is 5.01. The van der Waals surface area contributed by atoms with Crippen LogP contribution in [0.5, 0.6) is 0 Å². The molecule has 0 aliphatic heterocycles. The van der Waals surface area contributed by atoms with Crippen LogP contribution in [0.4, 0.5) is 4.39 Å². The van der Waals surface area contributed by atoms with Crippen molar-refractivity contribution < 1.29 is 17.6 Å². The Labute approximate surface area is 124 Å². The molecule has 106 valence electrons. The fraction of sp³-hybridized carbons (Fsp3) is 0.364. The zero-order valence-corrected chi connectivity index (χ0v) is 13.4. The van der Waals surface area contributed by atoms with Gasteiger partial charge in [0.1, 0.15) is 10.7 Å². The Hall–Kier alpha value is -0.660. The molecule has 0 heterocycles. The Bertz CT molecular complexity index is 602. The van der Waals surface area contributed by atoms with E-state index in [1.165, 1.54) is 4.90 Å². The van der Waals surface area contributed by atoms with Gasteiger partial charge in [-0.15, -0.1) is 0 Å². The molecule has 0 saturated carbocycles. The Kier molecular flexibility index (Phi) is 5.34. The van der Waals surface area contributed by atoms with Gasteiger partial charge >= 0.3 is 0 Å². The third kappa shape index (κ3) is 3.67. The standard InChI is InChI=1S/C11H12BrClFNO3S/c1-3-15(4-2)11(16)8-5-7(14)6-9(10(8)12)19(13,17)18/h5-6H,3-4H2,1-2H3. The molecule has 8 heteroatoms. The molecule has 19 heavy (non-hydrogen) atoms. The van der Waals surface area contributed by atoms with Crippen molar-refractivity contribution in [2.24, 2.45) is 0 Å². The van der Waals surface area contributed by atoms with Gasteiger partial charge in [-0.1, -0.05) is 0 Å². The average molecular weight is 373 g/mol. The van der Waals surface area contributed by atoms with Gasteiger partial charge in [-0.3, -0.25) is 4.79 Å². The van der Waals surface area contributed by atoms with Crippen LogP contribution < -0.4 is 0 Å². The number of rotatable bonds is 4. The molecule has 0 unspecified atom stereocenters. The quantitative estimate of drug-likeness (QED) is 0.764. The van der Waals surface area contributed by atoms with Gasteiger partial charge in [0, 0.05) is 23.8 Å². The van der Waals surface area contributed by atoms with Crippen molar-refractivity contribution >= 4 is 41.6 Å². The highest BCUT2D eigenvalue weighted by molar-refractivity contribution is 9.10.